The van der Waals surface area contributed by atoms with Crippen molar-refractivity contribution in [3.63, 3.8) is 0 Å². The van der Waals surface area contributed by atoms with Crippen molar-refractivity contribution in [2.45, 2.75) is 32.1 Å². The van der Waals surface area contributed by atoms with E-state index in [4.69, 9.17) is 9.47 Å². The van der Waals surface area contributed by atoms with Crippen LogP contribution in [0.25, 0.3) is 0 Å². The molecule has 2 atom stereocenters. The summed E-state index contributed by atoms with van der Waals surface area (Å²) >= 11 is 0. The number of methoxy groups -OCH3 is 2. The summed E-state index contributed by atoms with van der Waals surface area (Å²) in [6, 6.07) is 4.01. The molecule has 0 amide bonds. The Labute approximate surface area is 103 Å². The molecule has 0 saturated carbocycles. The average molecular weight is 232 g/mol. The number of rotatable bonds is 2. The SMILES string of the molecule is CC.COc1ccc(OC)c2c1C1C=CC2C1. The molecule has 2 nitrogen and oxygen atoms in total. The first-order valence-electron chi connectivity index (χ1n) is 6.28. The Balaban J connectivity index is 0.000000514. The zero-order valence-electron chi connectivity index (χ0n) is 11.0. The van der Waals surface area contributed by atoms with Gasteiger partial charge in [-0.2, -0.15) is 0 Å². The highest BCUT2D eigenvalue weighted by Gasteiger charge is 2.37. The van der Waals surface area contributed by atoms with Gasteiger partial charge in [-0.3, -0.25) is 0 Å². The molecule has 2 unspecified atom stereocenters. The monoisotopic (exact) mass is 232 g/mol. The summed E-state index contributed by atoms with van der Waals surface area (Å²) < 4.78 is 10.8. The molecular weight excluding hydrogens is 212 g/mol. The Hall–Kier alpha value is -1.44. The summed E-state index contributed by atoms with van der Waals surface area (Å²) in [4.78, 5) is 0. The van der Waals surface area contributed by atoms with E-state index in [1.807, 2.05) is 26.0 Å². The number of benzene rings is 1. The number of ether oxygens (including phenoxy) is 2. The van der Waals surface area contributed by atoms with Gasteiger partial charge in [0.15, 0.2) is 0 Å². The molecule has 0 N–H and O–H groups in total. The zero-order chi connectivity index (χ0) is 12.4. The molecule has 0 aromatic heterocycles. The van der Waals surface area contributed by atoms with Gasteiger partial charge in [0.05, 0.1) is 14.2 Å². The summed E-state index contributed by atoms with van der Waals surface area (Å²) in [7, 11) is 3.47. The molecule has 17 heavy (non-hydrogen) atoms. The van der Waals surface area contributed by atoms with Gasteiger partial charge in [-0.25, -0.2) is 0 Å². The summed E-state index contributed by atoms with van der Waals surface area (Å²) in [6.45, 7) is 4.00. The van der Waals surface area contributed by atoms with Crippen LogP contribution >= 0.6 is 0 Å². The lowest BCUT2D eigenvalue weighted by Crippen LogP contribution is -2.00. The second-order valence-corrected chi connectivity index (χ2v) is 4.13. The highest BCUT2D eigenvalue weighted by atomic mass is 16.5. The van der Waals surface area contributed by atoms with Gasteiger partial charge >= 0.3 is 0 Å². The van der Waals surface area contributed by atoms with Crippen LogP contribution < -0.4 is 9.47 Å². The van der Waals surface area contributed by atoms with Gasteiger partial charge < -0.3 is 9.47 Å². The van der Waals surface area contributed by atoms with Crippen LogP contribution in [0, 0.1) is 0 Å². The van der Waals surface area contributed by atoms with Gasteiger partial charge in [0.2, 0.25) is 0 Å². The molecule has 2 bridgehead atoms. The van der Waals surface area contributed by atoms with E-state index in [0.717, 1.165) is 11.5 Å². The summed E-state index contributed by atoms with van der Waals surface area (Å²) in [5.74, 6) is 3.08. The summed E-state index contributed by atoms with van der Waals surface area (Å²) in [5, 5.41) is 0. The number of allylic oxidation sites excluding steroid dienone is 2. The molecule has 0 aliphatic heterocycles. The Kier molecular flexibility index (Phi) is 3.41. The van der Waals surface area contributed by atoms with Gasteiger partial charge in [-0.15, -0.1) is 0 Å². The highest BCUT2D eigenvalue weighted by Crippen LogP contribution is 2.54. The molecule has 1 aromatic carbocycles. The quantitative estimate of drug-likeness (QED) is 0.721. The fraction of sp³-hybridized carbons (Fsp3) is 0.467. The van der Waals surface area contributed by atoms with Crippen LogP contribution in [-0.4, -0.2) is 14.2 Å². The van der Waals surface area contributed by atoms with Crippen molar-refractivity contribution in [3.8, 4) is 11.5 Å². The lowest BCUT2D eigenvalue weighted by atomic mass is 9.95. The fourth-order valence-electron chi connectivity index (χ4n) is 2.84. The second-order valence-electron chi connectivity index (χ2n) is 4.13. The van der Waals surface area contributed by atoms with E-state index in [-0.39, 0.29) is 0 Å². The van der Waals surface area contributed by atoms with Crippen LogP contribution in [0.4, 0.5) is 0 Å². The Morgan fingerprint density at radius 1 is 0.882 bits per heavy atom. The predicted molar refractivity (Wildman–Crippen MR) is 70.1 cm³/mol. The van der Waals surface area contributed by atoms with Crippen LogP contribution in [-0.2, 0) is 0 Å². The maximum absolute atomic E-state index is 5.42. The molecular formula is C15H20O2. The van der Waals surface area contributed by atoms with Crippen molar-refractivity contribution >= 4 is 0 Å². The minimum absolute atomic E-state index is 0.537. The van der Waals surface area contributed by atoms with Crippen molar-refractivity contribution in [2.75, 3.05) is 14.2 Å². The number of hydrogen-bond acceptors (Lipinski definition) is 2. The maximum atomic E-state index is 5.42. The van der Waals surface area contributed by atoms with Gasteiger partial charge in [0.25, 0.3) is 0 Å². The molecule has 2 aliphatic carbocycles. The minimum Gasteiger partial charge on any atom is -0.496 e. The van der Waals surface area contributed by atoms with Crippen LogP contribution in [0.5, 0.6) is 11.5 Å². The van der Waals surface area contributed by atoms with Crippen molar-refractivity contribution in [2.24, 2.45) is 0 Å². The highest BCUT2D eigenvalue weighted by molar-refractivity contribution is 5.60. The Bertz CT molecular complexity index is 396. The van der Waals surface area contributed by atoms with Gasteiger partial charge in [-0.1, -0.05) is 26.0 Å². The van der Waals surface area contributed by atoms with Crippen LogP contribution in [0.2, 0.25) is 0 Å². The Morgan fingerprint density at radius 2 is 1.29 bits per heavy atom. The van der Waals surface area contributed by atoms with Gasteiger partial charge in [0, 0.05) is 23.0 Å². The number of fused-ring (bicyclic) bond motifs is 5. The second kappa shape index (κ2) is 4.82. The zero-order valence-corrected chi connectivity index (χ0v) is 11.0. The standard InChI is InChI=1S/C13H14O2.C2H6/c1-14-10-5-6-11(15-2)13-9-4-3-8(7-9)12(10)13;1-2/h3-6,8-9H,7H2,1-2H3;1-2H3. The van der Waals surface area contributed by atoms with Crippen molar-refractivity contribution in [3.05, 3.63) is 35.4 Å². The summed E-state index contributed by atoms with van der Waals surface area (Å²) in [5.41, 5.74) is 2.67. The third-order valence-corrected chi connectivity index (χ3v) is 3.47. The molecule has 2 aliphatic rings. The van der Waals surface area contributed by atoms with E-state index in [1.165, 1.54) is 17.5 Å². The van der Waals surface area contributed by atoms with Crippen LogP contribution in [0.1, 0.15) is 43.2 Å². The smallest absolute Gasteiger partial charge is 0.123 e. The minimum atomic E-state index is 0.537. The Morgan fingerprint density at radius 3 is 1.65 bits per heavy atom. The lowest BCUT2D eigenvalue weighted by molar-refractivity contribution is 0.396. The van der Waals surface area contributed by atoms with E-state index in [2.05, 4.69) is 12.2 Å². The van der Waals surface area contributed by atoms with E-state index in [1.54, 1.807) is 14.2 Å². The average Bonchev–Trinajstić information content (AvgIpc) is 3.01. The van der Waals surface area contributed by atoms with E-state index >= 15 is 0 Å². The molecule has 0 fully saturated rings. The van der Waals surface area contributed by atoms with Gasteiger partial charge in [-0.05, 0) is 18.6 Å². The topological polar surface area (TPSA) is 18.5 Å². The molecule has 0 saturated heterocycles. The van der Waals surface area contributed by atoms with E-state index in [0.29, 0.717) is 11.8 Å². The first-order chi connectivity index (χ1) is 8.35. The molecule has 2 heteroatoms. The normalized spacial score (nSPS) is 22.8. The van der Waals surface area contributed by atoms with E-state index < -0.39 is 0 Å². The summed E-state index contributed by atoms with van der Waals surface area (Å²) in [6.07, 6.45) is 5.76. The maximum Gasteiger partial charge on any atom is 0.123 e. The van der Waals surface area contributed by atoms with Crippen molar-refractivity contribution < 1.29 is 9.47 Å². The predicted octanol–water partition coefficient (Wildman–Crippen LogP) is 3.87. The number of hydrogen-bond donors (Lipinski definition) is 0. The van der Waals surface area contributed by atoms with Crippen LogP contribution in [0.3, 0.4) is 0 Å². The molecule has 0 heterocycles. The fourth-order valence-corrected chi connectivity index (χ4v) is 2.84. The lowest BCUT2D eigenvalue weighted by Gasteiger charge is -2.17. The molecule has 0 radical (unpaired) electrons. The van der Waals surface area contributed by atoms with E-state index in [9.17, 15) is 0 Å². The van der Waals surface area contributed by atoms with Gasteiger partial charge in [0.1, 0.15) is 11.5 Å². The van der Waals surface area contributed by atoms with Crippen molar-refractivity contribution in [1.29, 1.82) is 0 Å². The first kappa shape index (κ1) is 12.0. The third-order valence-electron chi connectivity index (χ3n) is 3.47. The van der Waals surface area contributed by atoms with Crippen LogP contribution in [0.15, 0.2) is 24.3 Å². The molecule has 0 spiro atoms. The third kappa shape index (κ3) is 1.72. The molecule has 92 valence electrons. The van der Waals surface area contributed by atoms with Crippen molar-refractivity contribution in [1.82, 2.24) is 0 Å². The molecule has 3 rings (SSSR count). The molecule has 1 aromatic rings. The largest absolute Gasteiger partial charge is 0.496 e. The first-order valence-corrected chi connectivity index (χ1v) is 6.28.